The van der Waals surface area contributed by atoms with E-state index in [0.717, 1.165) is 5.56 Å². The minimum Gasteiger partial charge on any atom is -0.454 e. The zero-order valence-corrected chi connectivity index (χ0v) is 16.9. The van der Waals surface area contributed by atoms with Gasteiger partial charge in [0.2, 0.25) is 11.6 Å². The molecule has 0 atom stereocenters. The fourth-order valence-corrected chi connectivity index (χ4v) is 3.84. The number of aromatic nitrogens is 1. The Morgan fingerprint density at radius 3 is 2.60 bits per heavy atom. The lowest BCUT2D eigenvalue weighted by atomic mass is 10.1. The fourth-order valence-electron chi connectivity index (χ4n) is 2.87. The fraction of sp³-hybridized carbons (Fsp3) is 0.200. The van der Waals surface area contributed by atoms with Crippen LogP contribution in [0.25, 0.3) is 11.3 Å². The van der Waals surface area contributed by atoms with Gasteiger partial charge in [-0.05, 0) is 44.2 Å². The van der Waals surface area contributed by atoms with Crippen LogP contribution in [0.4, 0.5) is 10.1 Å². The van der Waals surface area contributed by atoms with Gasteiger partial charge >= 0.3 is 0 Å². The number of hydrogen-bond acceptors (Lipinski definition) is 7. The summed E-state index contributed by atoms with van der Waals surface area (Å²) in [5.74, 6) is 0.403. The maximum atomic E-state index is 13.3. The molecule has 2 aromatic carbocycles. The van der Waals surface area contributed by atoms with Crippen molar-refractivity contribution in [1.82, 2.24) is 4.68 Å². The summed E-state index contributed by atoms with van der Waals surface area (Å²) < 4.78 is 25.5. The van der Waals surface area contributed by atoms with Crippen LogP contribution in [-0.2, 0) is 0 Å². The number of halogens is 1. The Labute approximate surface area is 174 Å². The highest BCUT2D eigenvalue weighted by Crippen LogP contribution is 2.37. The average molecular weight is 428 g/mol. The van der Waals surface area contributed by atoms with Gasteiger partial charge in [0, 0.05) is 17.0 Å². The number of rotatable bonds is 5. The van der Waals surface area contributed by atoms with Crippen LogP contribution in [-0.4, -0.2) is 28.6 Å². The number of hydrogen-bond donors (Lipinski definition) is 0. The third-order valence-corrected chi connectivity index (χ3v) is 5.06. The van der Waals surface area contributed by atoms with E-state index in [0.29, 0.717) is 22.0 Å². The molecule has 0 bridgehead atoms. The topological polar surface area (TPSA) is 91.2 Å². The number of thiazole rings is 1. The molecule has 0 N–H and O–H groups in total. The lowest BCUT2D eigenvalue weighted by Gasteiger charge is -2.05. The van der Waals surface area contributed by atoms with Crippen LogP contribution in [0, 0.1) is 15.9 Å². The highest BCUT2D eigenvalue weighted by molar-refractivity contribution is 7.07. The average Bonchev–Trinajstić information content (AvgIpc) is 3.32. The molecule has 0 aliphatic carbocycles. The van der Waals surface area contributed by atoms with E-state index >= 15 is 0 Å². The van der Waals surface area contributed by atoms with E-state index in [1.54, 1.807) is 16.8 Å². The first kappa shape index (κ1) is 19.8. The Kier molecular flexibility index (Phi) is 5.32. The zero-order valence-electron chi connectivity index (χ0n) is 16.1. The molecule has 4 rings (SSSR count). The van der Waals surface area contributed by atoms with Crippen LogP contribution < -0.4 is 14.3 Å². The lowest BCUT2D eigenvalue weighted by molar-refractivity contribution is -0.385. The molecule has 2 heterocycles. The highest BCUT2D eigenvalue weighted by Gasteiger charge is 2.22. The van der Waals surface area contributed by atoms with Gasteiger partial charge < -0.3 is 9.47 Å². The lowest BCUT2D eigenvalue weighted by Crippen LogP contribution is -2.14. The summed E-state index contributed by atoms with van der Waals surface area (Å²) in [6, 6.07) is 8.88. The number of benzene rings is 2. The van der Waals surface area contributed by atoms with E-state index in [-0.39, 0.29) is 29.9 Å². The molecule has 0 spiro atoms. The molecule has 0 amide bonds. The number of nitrogens with zero attached hydrogens (tertiary/aromatic N) is 4. The Balaban J connectivity index is 1.83. The van der Waals surface area contributed by atoms with Gasteiger partial charge in [-0.1, -0.05) is 0 Å². The normalized spacial score (nSPS) is 13.5. The predicted molar refractivity (Wildman–Crippen MR) is 111 cm³/mol. The molecule has 30 heavy (non-hydrogen) atoms. The summed E-state index contributed by atoms with van der Waals surface area (Å²) in [5, 5.41) is 17.8. The summed E-state index contributed by atoms with van der Waals surface area (Å²) in [6.45, 7) is 3.89. The van der Waals surface area contributed by atoms with Crippen LogP contribution in [0.1, 0.15) is 19.4 Å². The molecular weight excluding hydrogens is 411 g/mol. The van der Waals surface area contributed by atoms with E-state index in [4.69, 9.17) is 9.47 Å². The van der Waals surface area contributed by atoms with Gasteiger partial charge in [0.25, 0.3) is 5.69 Å². The minimum absolute atomic E-state index is 0.0124. The molecule has 0 radical (unpaired) electrons. The summed E-state index contributed by atoms with van der Waals surface area (Å²) in [4.78, 5) is 16.2. The van der Waals surface area contributed by atoms with Crippen molar-refractivity contribution in [3.05, 3.63) is 68.1 Å². The van der Waals surface area contributed by atoms with Gasteiger partial charge in [0.05, 0.1) is 28.5 Å². The molecule has 0 fully saturated rings. The van der Waals surface area contributed by atoms with E-state index in [2.05, 4.69) is 10.1 Å². The van der Waals surface area contributed by atoms with Gasteiger partial charge in [-0.25, -0.2) is 9.07 Å². The highest BCUT2D eigenvalue weighted by atomic mass is 32.1. The number of nitro benzene ring substituents is 1. The molecular formula is C20H17FN4O4S. The van der Waals surface area contributed by atoms with Gasteiger partial charge in [-0.3, -0.25) is 15.1 Å². The SMILES string of the molecule is CC(C)N=c1scc(-c2ccc(F)cc2)n1/N=C/c1cc2c(cc1[N+](=O)[O-])OCO2. The van der Waals surface area contributed by atoms with Gasteiger partial charge in [-0.15, -0.1) is 11.3 Å². The van der Waals surface area contributed by atoms with E-state index < -0.39 is 4.92 Å². The first-order valence-corrected chi connectivity index (χ1v) is 9.93. The summed E-state index contributed by atoms with van der Waals surface area (Å²) in [5.41, 5.74) is 1.56. The summed E-state index contributed by atoms with van der Waals surface area (Å²) in [7, 11) is 0. The van der Waals surface area contributed by atoms with Gasteiger partial charge in [0.1, 0.15) is 5.82 Å². The minimum atomic E-state index is -0.498. The van der Waals surface area contributed by atoms with Crippen LogP contribution in [0.5, 0.6) is 11.5 Å². The first-order chi connectivity index (χ1) is 14.4. The molecule has 1 aliphatic heterocycles. The van der Waals surface area contributed by atoms with Crippen molar-refractivity contribution in [2.45, 2.75) is 19.9 Å². The standard InChI is InChI=1S/C20H17FN4O4S/c1-12(2)23-20-24(17(10-30-20)13-3-5-15(21)6-4-13)22-9-14-7-18-19(29-11-28-18)8-16(14)25(26)27/h3-10,12H,11H2,1-2H3/b22-9+,23-20?. The third-order valence-electron chi connectivity index (χ3n) is 4.22. The number of nitro groups is 1. The van der Waals surface area contributed by atoms with Crippen LogP contribution in [0.2, 0.25) is 0 Å². The van der Waals surface area contributed by atoms with Crippen molar-refractivity contribution < 1.29 is 18.8 Å². The predicted octanol–water partition coefficient (Wildman–Crippen LogP) is 4.18. The Morgan fingerprint density at radius 2 is 1.93 bits per heavy atom. The second-order valence-electron chi connectivity index (χ2n) is 6.71. The molecule has 0 unspecified atom stereocenters. The van der Waals surface area contributed by atoms with E-state index in [9.17, 15) is 14.5 Å². The molecule has 0 saturated heterocycles. The maximum Gasteiger partial charge on any atom is 0.282 e. The van der Waals surface area contributed by atoms with Crippen molar-refractivity contribution >= 4 is 23.2 Å². The zero-order chi connectivity index (χ0) is 21.3. The smallest absolute Gasteiger partial charge is 0.282 e. The number of fused-ring (bicyclic) bond motifs is 1. The van der Waals surface area contributed by atoms with E-state index in [1.807, 2.05) is 19.2 Å². The molecule has 8 nitrogen and oxygen atoms in total. The Morgan fingerprint density at radius 1 is 1.23 bits per heavy atom. The molecule has 10 heteroatoms. The Bertz CT molecular complexity index is 1200. The second kappa shape index (κ2) is 8.07. The molecule has 154 valence electrons. The largest absolute Gasteiger partial charge is 0.454 e. The summed E-state index contributed by atoms with van der Waals surface area (Å²) >= 11 is 1.38. The van der Waals surface area contributed by atoms with E-state index in [1.165, 1.54) is 41.8 Å². The maximum absolute atomic E-state index is 13.3. The third kappa shape index (κ3) is 3.94. The van der Waals surface area contributed by atoms with Crippen molar-refractivity contribution in [3.8, 4) is 22.8 Å². The van der Waals surface area contributed by atoms with Crippen molar-refractivity contribution in [1.29, 1.82) is 0 Å². The van der Waals surface area contributed by atoms with Crippen molar-refractivity contribution in [2.24, 2.45) is 10.1 Å². The van der Waals surface area contributed by atoms with Crippen molar-refractivity contribution in [2.75, 3.05) is 6.79 Å². The molecule has 1 aliphatic rings. The van der Waals surface area contributed by atoms with Crippen molar-refractivity contribution in [3.63, 3.8) is 0 Å². The van der Waals surface area contributed by atoms with Gasteiger partial charge in [-0.2, -0.15) is 5.10 Å². The second-order valence-corrected chi connectivity index (χ2v) is 7.55. The Hall–Kier alpha value is -3.53. The quantitative estimate of drug-likeness (QED) is 0.346. The van der Waals surface area contributed by atoms with Crippen LogP contribution in [0.15, 0.2) is 51.9 Å². The molecule has 1 aromatic heterocycles. The van der Waals surface area contributed by atoms with Gasteiger partial charge in [0.15, 0.2) is 11.5 Å². The van der Waals surface area contributed by atoms with Crippen LogP contribution in [0.3, 0.4) is 0 Å². The number of ether oxygens (including phenoxy) is 2. The first-order valence-electron chi connectivity index (χ1n) is 9.05. The van der Waals surface area contributed by atoms with Crippen LogP contribution >= 0.6 is 11.3 Å². The molecule has 3 aromatic rings. The monoisotopic (exact) mass is 428 g/mol. The molecule has 0 saturated carbocycles. The summed E-state index contributed by atoms with van der Waals surface area (Å²) in [6.07, 6.45) is 1.39.